The van der Waals surface area contributed by atoms with Gasteiger partial charge in [0.15, 0.2) is 0 Å². The Labute approximate surface area is 211 Å². The van der Waals surface area contributed by atoms with E-state index in [1.165, 1.54) is 17.0 Å². The molecule has 2 aliphatic rings. The summed E-state index contributed by atoms with van der Waals surface area (Å²) in [7, 11) is 0. The van der Waals surface area contributed by atoms with Crippen LogP contribution in [0, 0.1) is 11.7 Å². The molecular weight excluding hydrogens is 466 g/mol. The maximum Gasteiger partial charge on any atom is 0.256 e. The van der Waals surface area contributed by atoms with Crippen molar-refractivity contribution < 1.29 is 28.5 Å². The lowest BCUT2D eigenvalue weighted by Crippen LogP contribution is -2.41. The number of nitrogens with zero attached hydrogens (tertiary/aromatic N) is 2. The Morgan fingerprint density at radius 3 is 2.39 bits per heavy atom. The van der Waals surface area contributed by atoms with E-state index in [1.807, 2.05) is 6.07 Å². The first-order valence-corrected chi connectivity index (χ1v) is 12.7. The average Bonchev–Trinajstić information content (AvgIpc) is 3.28. The van der Waals surface area contributed by atoms with Crippen LogP contribution in [0.2, 0.25) is 0 Å². The standard InChI is InChI=1S/C28H36F2N2O4/c1-28(2,30)18-31-10-7-19(8-11-31)17-36-26-6-4-20(13-22(26)16-33)21-3-5-24(25(29)14-21)27(35)32-12-9-23(34)15-32/h3-6,13-14,19,23,33-34H,7-12,15-18H2,1-2H3/t23-/m0/s1. The monoisotopic (exact) mass is 502 g/mol. The van der Waals surface area contributed by atoms with Gasteiger partial charge in [0.1, 0.15) is 17.2 Å². The van der Waals surface area contributed by atoms with Gasteiger partial charge in [0.25, 0.3) is 5.91 Å². The summed E-state index contributed by atoms with van der Waals surface area (Å²) in [5.41, 5.74) is 0.696. The maximum absolute atomic E-state index is 14.8. The Bertz CT molecular complexity index is 1060. The maximum atomic E-state index is 14.8. The Hall–Kier alpha value is -2.55. The molecule has 2 fully saturated rings. The summed E-state index contributed by atoms with van der Waals surface area (Å²) in [6, 6.07) is 9.85. The van der Waals surface area contributed by atoms with Crippen molar-refractivity contribution >= 4 is 5.91 Å². The molecule has 0 spiro atoms. The molecule has 0 unspecified atom stereocenters. The van der Waals surface area contributed by atoms with Crippen LogP contribution in [-0.2, 0) is 6.61 Å². The van der Waals surface area contributed by atoms with Gasteiger partial charge in [0, 0.05) is 25.2 Å². The van der Waals surface area contributed by atoms with Gasteiger partial charge in [-0.25, -0.2) is 8.78 Å². The van der Waals surface area contributed by atoms with E-state index < -0.39 is 23.5 Å². The summed E-state index contributed by atoms with van der Waals surface area (Å²) < 4.78 is 34.8. The average molecular weight is 503 g/mol. The molecule has 2 saturated heterocycles. The topological polar surface area (TPSA) is 73.2 Å². The fourth-order valence-corrected chi connectivity index (χ4v) is 5.04. The molecule has 0 radical (unpaired) electrons. The highest BCUT2D eigenvalue weighted by Gasteiger charge is 2.28. The van der Waals surface area contributed by atoms with E-state index in [2.05, 4.69) is 4.90 Å². The number of hydrogen-bond donors (Lipinski definition) is 2. The summed E-state index contributed by atoms with van der Waals surface area (Å²) in [6.07, 6.45) is 1.81. The fraction of sp³-hybridized carbons (Fsp3) is 0.536. The Balaban J connectivity index is 1.38. The summed E-state index contributed by atoms with van der Waals surface area (Å²) in [5, 5.41) is 19.6. The van der Waals surface area contributed by atoms with Gasteiger partial charge in [-0.05, 0) is 87.5 Å². The van der Waals surface area contributed by atoms with E-state index in [9.17, 15) is 23.8 Å². The summed E-state index contributed by atoms with van der Waals surface area (Å²) in [5.74, 6) is -0.0820. The van der Waals surface area contributed by atoms with Crippen LogP contribution in [-0.4, -0.2) is 77.0 Å². The Kier molecular flexibility index (Phi) is 8.27. The van der Waals surface area contributed by atoms with Crippen molar-refractivity contribution in [2.24, 2.45) is 5.92 Å². The van der Waals surface area contributed by atoms with Gasteiger partial charge in [-0.1, -0.05) is 12.1 Å². The minimum Gasteiger partial charge on any atom is -0.493 e. The van der Waals surface area contributed by atoms with Gasteiger partial charge in [-0.3, -0.25) is 4.79 Å². The van der Waals surface area contributed by atoms with Crippen LogP contribution in [0.5, 0.6) is 5.75 Å². The number of amides is 1. The summed E-state index contributed by atoms with van der Waals surface area (Å²) in [6.45, 7) is 6.27. The van der Waals surface area contributed by atoms with Gasteiger partial charge in [0.05, 0.1) is 24.9 Å². The molecule has 0 aliphatic carbocycles. The minimum atomic E-state index is -1.20. The lowest BCUT2D eigenvalue weighted by molar-refractivity contribution is 0.0760. The first kappa shape index (κ1) is 26.5. The normalized spacial score (nSPS) is 19.6. The molecular formula is C28H36F2N2O4. The summed E-state index contributed by atoms with van der Waals surface area (Å²) >= 11 is 0. The molecule has 36 heavy (non-hydrogen) atoms. The van der Waals surface area contributed by atoms with Crippen LogP contribution in [0.15, 0.2) is 36.4 Å². The second-order valence-electron chi connectivity index (χ2n) is 10.6. The zero-order chi connectivity index (χ0) is 25.9. The predicted octanol–water partition coefficient (Wildman–Crippen LogP) is 4.03. The molecule has 2 aliphatic heterocycles. The molecule has 1 amide bonds. The van der Waals surface area contributed by atoms with Crippen molar-refractivity contribution in [3.05, 3.63) is 53.3 Å². The molecule has 8 heteroatoms. The van der Waals surface area contributed by atoms with Crippen molar-refractivity contribution in [2.75, 3.05) is 39.3 Å². The third kappa shape index (κ3) is 6.60. The molecule has 2 N–H and O–H groups in total. The second-order valence-corrected chi connectivity index (χ2v) is 10.6. The molecule has 0 saturated carbocycles. The molecule has 0 aromatic heterocycles. The number of carbonyl (C=O) groups is 1. The van der Waals surface area contributed by atoms with Gasteiger partial charge in [-0.15, -0.1) is 0 Å². The Morgan fingerprint density at radius 1 is 1.08 bits per heavy atom. The van der Waals surface area contributed by atoms with Gasteiger partial charge >= 0.3 is 0 Å². The number of aliphatic hydroxyl groups is 2. The highest BCUT2D eigenvalue weighted by molar-refractivity contribution is 5.95. The molecule has 2 aromatic carbocycles. The number of benzene rings is 2. The molecule has 196 valence electrons. The predicted molar refractivity (Wildman–Crippen MR) is 134 cm³/mol. The Morgan fingerprint density at radius 2 is 1.78 bits per heavy atom. The number of aliphatic hydroxyl groups excluding tert-OH is 2. The zero-order valence-corrected chi connectivity index (χ0v) is 21.1. The van der Waals surface area contributed by atoms with Crippen molar-refractivity contribution in [3.63, 3.8) is 0 Å². The van der Waals surface area contributed by atoms with E-state index >= 15 is 0 Å². The number of ether oxygens (including phenoxy) is 1. The van der Waals surface area contributed by atoms with E-state index in [-0.39, 0.29) is 18.7 Å². The second kappa shape index (κ2) is 11.2. The van der Waals surface area contributed by atoms with Crippen LogP contribution >= 0.6 is 0 Å². The number of halogens is 2. The number of alkyl halides is 1. The van der Waals surface area contributed by atoms with Crippen molar-refractivity contribution in [2.45, 2.75) is 51.5 Å². The molecule has 4 rings (SSSR count). The SMILES string of the molecule is CC(C)(F)CN1CCC(COc2ccc(-c3ccc(C(=O)N4CC[C@H](O)C4)c(F)c3)cc2CO)CC1. The van der Waals surface area contributed by atoms with Gasteiger partial charge < -0.3 is 24.7 Å². The van der Waals surface area contributed by atoms with Crippen LogP contribution < -0.4 is 4.74 Å². The van der Waals surface area contributed by atoms with Crippen molar-refractivity contribution in [1.82, 2.24) is 9.80 Å². The van der Waals surface area contributed by atoms with E-state index in [0.717, 1.165) is 25.9 Å². The van der Waals surface area contributed by atoms with Crippen LogP contribution in [0.3, 0.4) is 0 Å². The number of hydrogen-bond acceptors (Lipinski definition) is 5. The summed E-state index contributed by atoms with van der Waals surface area (Å²) in [4.78, 5) is 16.2. The van der Waals surface area contributed by atoms with E-state index in [0.29, 0.717) is 54.5 Å². The molecule has 6 nitrogen and oxygen atoms in total. The van der Waals surface area contributed by atoms with Gasteiger partial charge in [-0.2, -0.15) is 0 Å². The molecule has 2 aromatic rings. The first-order valence-electron chi connectivity index (χ1n) is 12.7. The lowest BCUT2D eigenvalue weighted by Gasteiger charge is -2.34. The van der Waals surface area contributed by atoms with Crippen molar-refractivity contribution in [1.29, 1.82) is 0 Å². The molecule has 2 heterocycles. The third-order valence-electron chi connectivity index (χ3n) is 7.00. The van der Waals surface area contributed by atoms with E-state index in [4.69, 9.17) is 4.74 Å². The number of β-amino-alcohol motifs (C(OH)–C–C–N with tert-alkyl or cyclic N) is 1. The first-order chi connectivity index (χ1) is 17.1. The smallest absolute Gasteiger partial charge is 0.256 e. The van der Waals surface area contributed by atoms with Crippen LogP contribution in [0.4, 0.5) is 8.78 Å². The van der Waals surface area contributed by atoms with Gasteiger partial charge in [0.2, 0.25) is 0 Å². The minimum absolute atomic E-state index is 0.0173. The highest BCUT2D eigenvalue weighted by atomic mass is 19.1. The van der Waals surface area contributed by atoms with Crippen LogP contribution in [0.25, 0.3) is 11.1 Å². The number of rotatable bonds is 8. The number of piperidine rings is 1. The van der Waals surface area contributed by atoms with E-state index in [1.54, 1.807) is 32.0 Å². The fourth-order valence-electron chi connectivity index (χ4n) is 5.04. The highest BCUT2D eigenvalue weighted by Crippen LogP contribution is 2.30. The number of likely N-dealkylation sites (tertiary alicyclic amines) is 2. The van der Waals surface area contributed by atoms with Crippen molar-refractivity contribution in [3.8, 4) is 16.9 Å². The zero-order valence-electron chi connectivity index (χ0n) is 21.1. The number of carbonyl (C=O) groups excluding carboxylic acids is 1. The largest absolute Gasteiger partial charge is 0.493 e. The molecule has 1 atom stereocenters. The molecule has 0 bridgehead atoms. The quantitative estimate of drug-likeness (QED) is 0.570. The lowest BCUT2D eigenvalue weighted by atomic mass is 9.96. The van der Waals surface area contributed by atoms with Crippen LogP contribution in [0.1, 0.15) is 49.0 Å². The third-order valence-corrected chi connectivity index (χ3v) is 7.00.